The fraction of sp³-hybridized carbons (Fsp3) is 0.583. The van der Waals surface area contributed by atoms with Gasteiger partial charge >= 0.3 is 0 Å². The standard InChI is InChI=1S/C12H14ClIN4/c13-12-16-7-10(14)11(18-12)17-9-3-1-8(2-4-9)5-6-15/h7-9H,1-5H2,(H,16,17,18). The lowest BCUT2D eigenvalue weighted by atomic mass is 9.84. The molecule has 2 rings (SSSR count). The third-order valence-electron chi connectivity index (χ3n) is 3.28. The molecule has 96 valence electrons. The molecule has 1 N–H and O–H groups in total. The van der Waals surface area contributed by atoms with E-state index < -0.39 is 0 Å². The molecular formula is C12H14ClIN4. The van der Waals surface area contributed by atoms with Crippen LogP contribution in [0.25, 0.3) is 0 Å². The SMILES string of the molecule is N#CCC1CCC(Nc2nc(Cl)ncc2I)CC1. The molecular weight excluding hydrogens is 363 g/mol. The van der Waals surface area contributed by atoms with Crippen molar-refractivity contribution in [2.24, 2.45) is 5.92 Å². The smallest absolute Gasteiger partial charge is 0.224 e. The second-order valence-corrected chi connectivity index (χ2v) is 6.06. The van der Waals surface area contributed by atoms with Gasteiger partial charge in [0.1, 0.15) is 5.82 Å². The molecule has 1 aliphatic rings. The van der Waals surface area contributed by atoms with Crippen molar-refractivity contribution >= 4 is 40.0 Å². The number of hydrogen-bond acceptors (Lipinski definition) is 4. The van der Waals surface area contributed by atoms with Gasteiger partial charge in [-0.1, -0.05) is 0 Å². The molecule has 1 aromatic heterocycles. The molecule has 18 heavy (non-hydrogen) atoms. The second kappa shape index (κ2) is 6.53. The summed E-state index contributed by atoms with van der Waals surface area (Å²) in [5.74, 6) is 1.39. The van der Waals surface area contributed by atoms with Crippen molar-refractivity contribution in [3.63, 3.8) is 0 Å². The summed E-state index contributed by atoms with van der Waals surface area (Å²) in [7, 11) is 0. The summed E-state index contributed by atoms with van der Waals surface area (Å²) >= 11 is 8.00. The lowest BCUT2D eigenvalue weighted by Crippen LogP contribution is -2.26. The van der Waals surface area contributed by atoms with Crippen LogP contribution in [0.4, 0.5) is 5.82 Å². The Balaban J connectivity index is 1.92. The first-order valence-corrected chi connectivity index (χ1v) is 7.46. The number of nitrogens with one attached hydrogen (secondary N) is 1. The Kier molecular flexibility index (Phi) is 5.01. The third kappa shape index (κ3) is 3.69. The van der Waals surface area contributed by atoms with Crippen molar-refractivity contribution in [3.8, 4) is 6.07 Å². The Morgan fingerprint density at radius 1 is 1.44 bits per heavy atom. The predicted molar refractivity (Wildman–Crippen MR) is 79.4 cm³/mol. The van der Waals surface area contributed by atoms with Crippen molar-refractivity contribution in [1.82, 2.24) is 9.97 Å². The normalized spacial score (nSPS) is 23.4. The zero-order valence-corrected chi connectivity index (χ0v) is 12.8. The van der Waals surface area contributed by atoms with Crippen LogP contribution in [0, 0.1) is 20.8 Å². The van der Waals surface area contributed by atoms with Crippen LogP contribution in [-0.4, -0.2) is 16.0 Å². The first kappa shape index (κ1) is 13.8. The van der Waals surface area contributed by atoms with Gasteiger partial charge in [0, 0.05) is 18.7 Å². The second-order valence-electron chi connectivity index (χ2n) is 4.56. The molecule has 0 aliphatic heterocycles. The van der Waals surface area contributed by atoms with E-state index >= 15 is 0 Å². The van der Waals surface area contributed by atoms with E-state index in [1.165, 1.54) is 0 Å². The van der Waals surface area contributed by atoms with Crippen LogP contribution >= 0.6 is 34.2 Å². The van der Waals surface area contributed by atoms with Gasteiger partial charge in [-0.3, -0.25) is 0 Å². The van der Waals surface area contributed by atoms with E-state index in [4.69, 9.17) is 16.9 Å². The largest absolute Gasteiger partial charge is 0.366 e. The van der Waals surface area contributed by atoms with Crippen LogP contribution in [0.15, 0.2) is 6.20 Å². The molecule has 1 saturated carbocycles. The molecule has 0 aromatic carbocycles. The topological polar surface area (TPSA) is 61.6 Å². The summed E-state index contributed by atoms with van der Waals surface area (Å²) in [6.45, 7) is 0. The molecule has 0 saturated heterocycles. The van der Waals surface area contributed by atoms with Gasteiger partial charge in [-0.25, -0.2) is 4.98 Å². The molecule has 6 heteroatoms. The van der Waals surface area contributed by atoms with E-state index in [-0.39, 0.29) is 5.28 Å². The molecule has 0 unspecified atom stereocenters. The van der Waals surface area contributed by atoms with Crippen molar-refractivity contribution in [2.75, 3.05) is 5.32 Å². The Morgan fingerprint density at radius 3 is 2.83 bits per heavy atom. The fourth-order valence-electron chi connectivity index (χ4n) is 2.28. The Labute approximate surface area is 125 Å². The average Bonchev–Trinajstić information content (AvgIpc) is 2.37. The van der Waals surface area contributed by atoms with Crippen LogP contribution in [0.2, 0.25) is 5.28 Å². The van der Waals surface area contributed by atoms with Crippen LogP contribution in [0.1, 0.15) is 32.1 Å². The van der Waals surface area contributed by atoms with E-state index in [0.717, 1.165) is 35.1 Å². The quantitative estimate of drug-likeness (QED) is 0.646. The minimum absolute atomic E-state index is 0.274. The molecule has 0 spiro atoms. The number of aromatic nitrogens is 2. The summed E-state index contributed by atoms with van der Waals surface area (Å²) < 4.78 is 0.983. The Bertz CT molecular complexity index is 452. The van der Waals surface area contributed by atoms with Gasteiger partial charge in [0.25, 0.3) is 0 Å². The van der Waals surface area contributed by atoms with Gasteiger partial charge in [-0.05, 0) is 65.8 Å². The average molecular weight is 377 g/mol. The Morgan fingerprint density at radius 2 is 2.17 bits per heavy atom. The van der Waals surface area contributed by atoms with Crippen molar-refractivity contribution in [3.05, 3.63) is 15.1 Å². The Hall–Kier alpha value is -0.610. The summed E-state index contributed by atoms with van der Waals surface area (Å²) in [5, 5.41) is 12.4. The number of hydrogen-bond donors (Lipinski definition) is 1. The van der Waals surface area contributed by atoms with Crippen LogP contribution in [0.3, 0.4) is 0 Å². The number of rotatable bonds is 3. The number of nitrogens with zero attached hydrogens (tertiary/aromatic N) is 3. The monoisotopic (exact) mass is 376 g/mol. The molecule has 4 nitrogen and oxygen atoms in total. The summed E-state index contributed by atoms with van der Waals surface area (Å²) in [4.78, 5) is 8.15. The van der Waals surface area contributed by atoms with E-state index in [1.54, 1.807) is 6.20 Å². The van der Waals surface area contributed by atoms with E-state index in [0.29, 0.717) is 18.4 Å². The van der Waals surface area contributed by atoms with Crippen molar-refractivity contribution < 1.29 is 0 Å². The zero-order chi connectivity index (χ0) is 13.0. The summed E-state index contributed by atoms with van der Waals surface area (Å²) in [6.07, 6.45) is 6.80. The predicted octanol–water partition coefficient (Wildman–Crippen LogP) is 3.62. The molecule has 1 heterocycles. The summed E-state index contributed by atoms with van der Waals surface area (Å²) in [5.41, 5.74) is 0. The van der Waals surface area contributed by atoms with Crippen LogP contribution < -0.4 is 5.32 Å². The first-order chi connectivity index (χ1) is 8.69. The van der Waals surface area contributed by atoms with Gasteiger partial charge in [0.15, 0.2) is 0 Å². The van der Waals surface area contributed by atoms with Crippen molar-refractivity contribution in [1.29, 1.82) is 5.26 Å². The molecule has 0 atom stereocenters. The molecule has 1 aromatic rings. The van der Waals surface area contributed by atoms with E-state index in [2.05, 4.69) is 43.9 Å². The van der Waals surface area contributed by atoms with Crippen LogP contribution in [0.5, 0.6) is 0 Å². The van der Waals surface area contributed by atoms with Gasteiger partial charge in [0.05, 0.1) is 9.64 Å². The maximum absolute atomic E-state index is 8.69. The highest BCUT2D eigenvalue weighted by atomic mass is 127. The summed E-state index contributed by atoms with van der Waals surface area (Å²) in [6, 6.07) is 2.69. The van der Waals surface area contributed by atoms with Crippen molar-refractivity contribution in [2.45, 2.75) is 38.1 Å². The van der Waals surface area contributed by atoms with Gasteiger partial charge in [-0.15, -0.1) is 0 Å². The van der Waals surface area contributed by atoms with E-state index in [1.807, 2.05) is 0 Å². The van der Waals surface area contributed by atoms with Crippen LogP contribution in [-0.2, 0) is 0 Å². The molecule has 0 radical (unpaired) electrons. The lowest BCUT2D eigenvalue weighted by molar-refractivity contribution is 0.342. The molecule has 1 aliphatic carbocycles. The highest BCUT2D eigenvalue weighted by Gasteiger charge is 2.21. The molecule has 1 fully saturated rings. The molecule has 0 bridgehead atoms. The lowest BCUT2D eigenvalue weighted by Gasteiger charge is -2.28. The zero-order valence-electron chi connectivity index (χ0n) is 9.87. The van der Waals surface area contributed by atoms with E-state index in [9.17, 15) is 0 Å². The fourth-order valence-corrected chi connectivity index (χ4v) is 2.83. The molecule has 0 amide bonds. The first-order valence-electron chi connectivity index (χ1n) is 6.00. The number of nitriles is 1. The maximum atomic E-state index is 8.69. The highest BCUT2D eigenvalue weighted by molar-refractivity contribution is 14.1. The third-order valence-corrected chi connectivity index (χ3v) is 4.25. The van der Waals surface area contributed by atoms with Gasteiger partial charge in [0.2, 0.25) is 5.28 Å². The highest BCUT2D eigenvalue weighted by Crippen LogP contribution is 2.29. The minimum atomic E-state index is 0.274. The maximum Gasteiger partial charge on any atom is 0.224 e. The van der Waals surface area contributed by atoms with Gasteiger partial charge < -0.3 is 5.32 Å². The van der Waals surface area contributed by atoms with Gasteiger partial charge in [-0.2, -0.15) is 10.2 Å². The minimum Gasteiger partial charge on any atom is -0.366 e. The number of halogens is 2. The number of anilines is 1.